The van der Waals surface area contributed by atoms with Gasteiger partial charge in [-0.3, -0.25) is 0 Å². The molecule has 1 heterocycles. The minimum Gasteiger partial charge on any atom is -0.392 e. The molecule has 0 saturated heterocycles. The number of hydrogen-bond acceptors (Lipinski definition) is 5. The van der Waals surface area contributed by atoms with Gasteiger partial charge in [0.25, 0.3) is 0 Å². The number of carbonyl (C=O) groups excluding carboxylic acids is 1. The highest BCUT2D eigenvalue weighted by molar-refractivity contribution is 5.73. The molecule has 20 heavy (non-hydrogen) atoms. The number of aliphatic hydroxyl groups is 1. The van der Waals surface area contributed by atoms with Crippen LogP contribution in [0, 0.1) is 18.3 Å². The fourth-order valence-corrected chi connectivity index (χ4v) is 1.95. The van der Waals surface area contributed by atoms with E-state index in [2.05, 4.69) is 20.8 Å². The third-order valence-electron chi connectivity index (χ3n) is 3.11. The molecule has 0 saturated carbocycles. The SMILES string of the molecule is Cc1noc(CNC(=O)NCC(C)(C)C(O)C(C)C)n1. The van der Waals surface area contributed by atoms with Crippen LogP contribution in [0.2, 0.25) is 0 Å². The molecule has 0 aliphatic rings. The highest BCUT2D eigenvalue weighted by Crippen LogP contribution is 2.24. The van der Waals surface area contributed by atoms with Crippen LogP contribution in [0.5, 0.6) is 0 Å². The molecule has 7 nitrogen and oxygen atoms in total. The predicted molar refractivity (Wildman–Crippen MR) is 73.9 cm³/mol. The maximum Gasteiger partial charge on any atom is 0.315 e. The smallest absolute Gasteiger partial charge is 0.315 e. The zero-order chi connectivity index (χ0) is 15.3. The zero-order valence-electron chi connectivity index (χ0n) is 12.7. The van der Waals surface area contributed by atoms with Crippen molar-refractivity contribution in [2.24, 2.45) is 11.3 Å². The third-order valence-corrected chi connectivity index (χ3v) is 3.11. The topological polar surface area (TPSA) is 100 Å². The van der Waals surface area contributed by atoms with Gasteiger partial charge < -0.3 is 20.3 Å². The molecular weight excluding hydrogens is 260 g/mol. The lowest BCUT2D eigenvalue weighted by atomic mass is 9.81. The Bertz CT molecular complexity index is 443. The summed E-state index contributed by atoms with van der Waals surface area (Å²) in [4.78, 5) is 15.7. The van der Waals surface area contributed by atoms with Crippen LogP contribution in [-0.4, -0.2) is 33.9 Å². The van der Waals surface area contributed by atoms with Crippen LogP contribution in [0.25, 0.3) is 0 Å². The Morgan fingerprint density at radius 1 is 1.40 bits per heavy atom. The average molecular weight is 284 g/mol. The second kappa shape index (κ2) is 6.69. The minimum atomic E-state index is -0.485. The summed E-state index contributed by atoms with van der Waals surface area (Å²) in [5.74, 6) is 1.03. The Labute approximate surface area is 119 Å². The molecule has 0 aliphatic heterocycles. The summed E-state index contributed by atoms with van der Waals surface area (Å²) in [5, 5.41) is 19.1. The number of amides is 2. The Kier molecular flexibility index (Phi) is 5.50. The molecular formula is C13H24N4O3. The molecule has 0 aromatic carbocycles. The standard InChI is InChI=1S/C13H24N4O3/c1-8(2)11(18)13(4,5)7-15-12(19)14-6-10-16-9(3)17-20-10/h8,11,18H,6-7H2,1-5H3,(H2,14,15,19). The van der Waals surface area contributed by atoms with Crippen molar-refractivity contribution in [1.29, 1.82) is 0 Å². The fourth-order valence-electron chi connectivity index (χ4n) is 1.95. The molecule has 0 radical (unpaired) electrons. The number of aryl methyl sites for hydroxylation is 1. The van der Waals surface area contributed by atoms with E-state index in [-0.39, 0.29) is 18.5 Å². The molecule has 0 spiro atoms. The van der Waals surface area contributed by atoms with Gasteiger partial charge in [-0.2, -0.15) is 4.98 Å². The van der Waals surface area contributed by atoms with Crippen molar-refractivity contribution in [3.63, 3.8) is 0 Å². The van der Waals surface area contributed by atoms with Gasteiger partial charge >= 0.3 is 6.03 Å². The van der Waals surface area contributed by atoms with Gasteiger partial charge in [-0.1, -0.05) is 32.9 Å². The Morgan fingerprint density at radius 3 is 2.55 bits per heavy atom. The first kappa shape index (κ1) is 16.4. The quantitative estimate of drug-likeness (QED) is 0.729. The van der Waals surface area contributed by atoms with Gasteiger partial charge in [-0.25, -0.2) is 4.79 Å². The molecule has 0 aliphatic carbocycles. The number of nitrogens with zero attached hydrogens (tertiary/aromatic N) is 2. The van der Waals surface area contributed by atoms with E-state index in [1.807, 2.05) is 27.7 Å². The molecule has 1 unspecified atom stereocenters. The van der Waals surface area contributed by atoms with Crippen LogP contribution in [0.15, 0.2) is 4.52 Å². The lowest BCUT2D eigenvalue weighted by Gasteiger charge is -2.33. The van der Waals surface area contributed by atoms with Gasteiger partial charge in [0, 0.05) is 12.0 Å². The normalized spacial score (nSPS) is 13.3. The Hall–Kier alpha value is -1.63. The van der Waals surface area contributed by atoms with E-state index in [0.29, 0.717) is 18.3 Å². The van der Waals surface area contributed by atoms with Gasteiger partial charge in [0.15, 0.2) is 5.82 Å². The molecule has 2 amide bonds. The molecule has 1 aromatic rings. The van der Waals surface area contributed by atoms with E-state index in [1.165, 1.54) is 0 Å². The second-order valence-corrected chi connectivity index (χ2v) is 5.95. The number of aliphatic hydroxyl groups excluding tert-OH is 1. The first-order valence-electron chi connectivity index (χ1n) is 6.71. The van der Waals surface area contributed by atoms with Gasteiger partial charge in [0.1, 0.15) is 0 Å². The number of hydrogen-bond donors (Lipinski definition) is 3. The summed E-state index contributed by atoms with van der Waals surface area (Å²) in [7, 11) is 0. The van der Waals surface area contributed by atoms with Crippen molar-refractivity contribution in [1.82, 2.24) is 20.8 Å². The molecule has 1 rings (SSSR count). The molecule has 7 heteroatoms. The summed E-state index contributed by atoms with van der Waals surface area (Å²) in [6, 6.07) is -0.329. The monoisotopic (exact) mass is 284 g/mol. The van der Waals surface area contributed by atoms with E-state index in [4.69, 9.17) is 4.52 Å². The maximum atomic E-state index is 11.7. The van der Waals surface area contributed by atoms with Gasteiger partial charge in [-0.15, -0.1) is 0 Å². The van der Waals surface area contributed by atoms with E-state index in [9.17, 15) is 9.90 Å². The number of nitrogens with one attached hydrogen (secondary N) is 2. The van der Waals surface area contributed by atoms with Gasteiger partial charge in [0.2, 0.25) is 5.89 Å². The average Bonchev–Trinajstić information content (AvgIpc) is 2.78. The van der Waals surface area contributed by atoms with Crippen molar-refractivity contribution in [2.45, 2.75) is 47.3 Å². The summed E-state index contributed by atoms with van der Waals surface area (Å²) < 4.78 is 4.89. The van der Waals surface area contributed by atoms with Crippen molar-refractivity contribution in [3.05, 3.63) is 11.7 Å². The van der Waals surface area contributed by atoms with Crippen molar-refractivity contribution in [2.75, 3.05) is 6.54 Å². The summed E-state index contributed by atoms with van der Waals surface area (Å²) >= 11 is 0. The van der Waals surface area contributed by atoms with Crippen molar-refractivity contribution >= 4 is 6.03 Å². The first-order valence-corrected chi connectivity index (χ1v) is 6.71. The number of carbonyl (C=O) groups is 1. The molecule has 3 N–H and O–H groups in total. The van der Waals surface area contributed by atoms with Crippen LogP contribution in [0.1, 0.15) is 39.4 Å². The van der Waals surface area contributed by atoms with Crippen LogP contribution in [-0.2, 0) is 6.54 Å². The molecule has 1 atom stereocenters. The molecule has 0 fully saturated rings. The van der Waals surface area contributed by atoms with Crippen LogP contribution < -0.4 is 10.6 Å². The molecule has 0 bridgehead atoms. The molecule has 114 valence electrons. The Balaban J connectivity index is 2.36. The summed E-state index contributed by atoms with van der Waals surface area (Å²) in [5.41, 5.74) is -0.396. The fraction of sp³-hybridized carbons (Fsp3) is 0.769. The lowest BCUT2D eigenvalue weighted by Crippen LogP contribution is -2.46. The predicted octanol–water partition coefficient (Wildman–Crippen LogP) is 1.22. The maximum absolute atomic E-state index is 11.7. The van der Waals surface area contributed by atoms with Gasteiger partial charge in [0.05, 0.1) is 12.6 Å². The lowest BCUT2D eigenvalue weighted by molar-refractivity contribution is 0.0151. The van der Waals surface area contributed by atoms with Crippen molar-refractivity contribution in [3.8, 4) is 0 Å². The number of aromatic nitrogens is 2. The number of urea groups is 1. The van der Waals surface area contributed by atoms with Crippen LogP contribution >= 0.6 is 0 Å². The van der Waals surface area contributed by atoms with E-state index in [1.54, 1.807) is 6.92 Å². The minimum absolute atomic E-state index is 0.135. The van der Waals surface area contributed by atoms with Crippen LogP contribution in [0.4, 0.5) is 4.79 Å². The van der Waals surface area contributed by atoms with Gasteiger partial charge in [-0.05, 0) is 12.8 Å². The van der Waals surface area contributed by atoms with Crippen LogP contribution in [0.3, 0.4) is 0 Å². The summed E-state index contributed by atoms with van der Waals surface area (Å²) in [6.07, 6.45) is -0.485. The second-order valence-electron chi connectivity index (χ2n) is 5.95. The number of rotatable bonds is 6. The van der Waals surface area contributed by atoms with E-state index < -0.39 is 11.5 Å². The van der Waals surface area contributed by atoms with Crippen molar-refractivity contribution < 1.29 is 14.4 Å². The summed E-state index contributed by atoms with van der Waals surface area (Å²) in [6.45, 7) is 10.00. The molecule has 1 aromatic heterocycles. The third kappa shape index (κ3) is 4.80. The Morgan fingerprint density at radius 2 is 2.05 bits per heavy atom. The zero-order valence-corrected chi connectivity index (χ0v) is 12.7. The first-order chi connectivity index (χ1) is 9.22. The van der Waals surface area contributed by atoms with E-state index >= 15 is 0 Å². The largest absolute Gasteiger partial charge is 0.392 e. The highest BCUT2D eigenvalue weighted by Gasteiger charge is 2.30. The highest BCUT2D eigenvalue weighted by atomic mass is 16.5. The van der Waals surface area contributed by atoms with E-state index in [0.717, 1.165) is 0 Å².